The second-order valence-electron chi connectivity index (χ2n) is 4.31. The average Bonchev–Trinajstić information content (AvgIpc) is 2.49. The van der Waals surface area contributed by atoms with Crippen molar-refractivity contribution in [1.82, 2.24) is 5.32 Å². The number of hydrogen-bond donors (Lipinski definition) is 1. The average molecular weight is 277 g/mol. The molecule has 0 fully saturated rings. The fourth-order valence-corrected chi connectivity index (χ4v) is 1.49. The maximum absolute atomic E-state index is 11.7. The lowest BCUT2D eigenvalue weighted by Gasteiger charge is -2.05. The van der Waals surface area contributed by atoms with Gasteiger partial charge in [0, 0.05) is 12.0 Å². The van der Waals surface area contributed by atoms with Gasteiger partial charge in [0.25, 0.3) is 5.91 Å². The van der Waals surface area contributed by atoms with Gasteiger partial charge in [-0.2, -0.15) is 0 Å². The van der Waals surface area contributed by atoms with Crippen LogP contribution in [0.4, 0.5) is 0 Å². The first-order valence-electron chi connectivity index (χ1n) is 6.64. The van der Waals surface area contributed by atoms with E-state index in [-0.39, 0.29) is 37.0 Å². The number of Topliss-reactive ketones (excluding diaryl/α,β-unsaturated/α-hetero) is 1. The van der Waals surface area contributed by atoms with Gasteiger partial charge in [-0.3, -0.25) is 14.4 Å². The zero-order valence-corrected chi connectivity index (χ0v) is 11.6. The lowest BCUT2D eigenvalue weighted by Crippen LogP contribution is -2.29. The van der Waals surface area contributed by atoms with E-state index < -0.39 is 0 Å². The van der Waals surface area contributed by atoms with E-state index in [4.69, 9.17) is 4.74 Å². The van der Waals surface area contributed by atoms with Crippen molar-refractivity contribution in [2.75, 3.05) is 13.2 Å². The number of benzene rings is 1. The number of carbonyl (C=O) groups excluding carboxylic acids is 3. The van der Waals surface area contributed by atoms with Crippen LogP contribution in [0.25, 0.3) is 0 Å². The SMILES string of the molecule is CCCOC(=O)CCC(=O)CNC(=O)c1ccccc1. The van der Waals surface area contributed by atoms with Crippen LogP contribution >= 0.6 is 0 Å². The topological polar surface area (TPSA) is 72.5 Å². The van der Waals surface area contributed by atoms with Gasteiger partial charge in [0.1, 0.15) is 0 Å². The quantitative estimate of drug-likeness (QED) is 0.734. The smallest absolute Gasteiger partial charge is 0.306 e. The molecule has 0 aliphatic rings. The summed E-state index contributed by atoms with van der Waals surface area (Å²) in [6.07, 6.45) is 0.893. The van der Waals surface area contributed by atoms with Crippen molar-refractivity contribution in [3.05, 3.63) is 35.9 Å². The maximum atomic E-state index is 11.7. The van der Waals surface area contributed by atoms with E-state index >= 15 is 0 Å². The molecule has 0 saturated heterocycles. The second-order valence-corrected chi connectivity index (χ2v) is 4.31. The third kappa shape index (κ3) is 6.13. The molecular formula is C15H19NO4. The van der Waals surface area contributed by atoms with Crippen molar-refractivity contribution >= 4 is 17.7 Å². The van der Waals surface area contributed by atoms with Crippen molar-refractivity contribution in [1.29, 1.82) is 0 Å². The summed E-state index contributed by atoms with van der Waals surface area (Å²) >= 11 is 0. The number of esters is 1. The Hall–Kier alpha value is -2.17. The standard InChI is InChI=1S/C15H19NO4/c1-2-10-20-14(18)9-8-13(17)11-16-15(19)12-6-4-3-5-7-12/h3-7H,2,8-11H2,1H3,(H,16,19). The van der Waals surface area contributed by atoms with Crippen molar-refractivity contribution in [3.8, 4) is 0 Å². The molecule has 1 N–H and O–H groups in total. The molecule has 5 heteroatoms. The predicted molar refractivity (Wildman–Crippen MR) is 74.3 cm³/mol. The molecule has 0 aliphatic heterocycles. The first kappa shape index (κ1) is 15.9. The maximum Gasteiger partial charge on any atom is 0.306 e. The van der Waals surface area contributed by atoms with Crippen LogP contribution in [0.15, 0.2) is 30.3 Å². The number of hydrogen-bond acceptors (Lipinski definition) is 4. The van der Waals surface area contributed by atoms with E-state index in [0.29, 0.717) is 12.2 Å². The molecule has 1 rings (SSSR count). The van der Waals surface area contributed by atoms with Gasteiger partial charge in [-0.25, -0.2) is 0 Å². The fraction of sp³-hybridized carbons (Fsp3) is 0.400. The Morgan fingerprint density at radius 1 is 1.10 bits per heavy atom. The van der Waals surface area contributed by atoms with Gasteiger partial charge in [0.15, 0.2) is 5.78 Å². The molecule has 0 unspecified atom stereocenters. The lowest BCUT2D eigenvalue weighted by molar-refractivity contribution is -0.144. The molecule has 5 nitrogen and oxygen atoms in total. The molecule has 108 valence electrons. The van der Waals surface area contributed by atoms with Crippen molar-refractivity contribution in [3.63, 3.8) is 0 Å². The molecule has 0 atom stereocenters. The third-order valence-electron chi connectivity index (χ3n) is 2.56. The predicted octanol–water partition coefficient (Wildman–Crippen LogP) is 1.72. The van der Waals surface area contributed by atoms with Gasteiger partial charge in [-0.15, -0.1) is 0 Å². The largest absolute Gasteiger partial charge is 0.466 e. The highest BCUT2D eigenvalue weighted by atomic mass is 16.5. The molecule has 0 radical (unpaired) electrons. The molecule has 0 heterocycles. The van der Waals surface area contributed by atoms with Gasteiger partial charge in [-0.1, -0.05) is 25.1 Å². The molecule has 0 spiro atoms. The zero-order chi connectivity index (χ0) is 14.8. The van der Waals surface area contributed by atoms with Crippen LogP contribution in [-0.4, -0.2) is 30.8 Å². The highest BCUT2D eigenvalue weighted by Crippen LogP contribution is 1.99. The van der Waals surface area contributed by atoms with Gasteiger partial charge in [0.2, 0.25) is 0 Å². The first-order chi connectivity index (χ1) is 9.63. The van der Waals surface area contributed by atoms with Crippen LogP contribution in [0.3, 0.4) is 0 Å². The second kappa shape index (κ2) is 8.85. The third-order valence-corrected chi connectivity index (χ3v) is 2.56. The molecule has 0 aromatic heterocycles. The number of amides is 1. The zero-order valence-electron chi connectivity index (χ0n) is 11.6. The molecule has 20 heavy (non-hydrogen) atoms. The van der Waals surface area contributed by atoms with Crippen LogP contribution in [0, 0.1) is 0 Å². The Morgan fingerprint density at radius 3 is 2.45 bits per heavy atom. The van der Waals surface area contributed by atoms with Crippen LogP contribution in [0.2, 0.25) is 0 Å². The summed E-state index contributed by atoms with van der Waals surface area (Å²) in [5.41, 5.74) is 0.502. The van der Waals surface area contributed by atoms with Crippen LogP contribution in [0.1, 0.15) is 36.5 Å². The van der Waals surface area contributed by atoms with Crippen molar-refractivity contribution in [2.24, 2.45) is 0 Å². The summed E-state index contributed by atoms with van der Waals surface area (Å²) in [7, 11) is 0. The highest BCUT2D eigenvalue weighted by Gasteiger charge is 2.10. The molecule has 1 aromatic carbocycles. The number of rotatable bonds is 8. The normalized spacial score (nSPS) is 9.85. The Labute approximate surface area is 118 Å². The van der Waals surface area contributed by atoms with Gasteiger partial charge in [-0.05, 0) is 18.6 Å². The summed E-state index contributed by atoms with van der Waals surface area (Å²) < 4.78 is 4.86. The minimum atomic E-state index is -0.380. The summed E-state index contributed by atoms with van der Waals surface area (Å²) in [5, 5.41) is 2.53. The van der Waals surface area contributed by atoms with Crippen LogP contribution in [-0.2, 0) is 14.3 Å². The van der Waals surface area contributed by atoms with E-state index in [1.165, 1.54) is 0 Å². The van der Waals surface area contributed by atoms with Crippen molar-refractivity contribution < 1.29 is 19.1 Å². The molecule has 0 bridgehead atoms. The Bertz CT molecular complexity index is 456. The molecule has 0 aliphatic carbocycles. The molecular weight excluding hydrogens is 258 g/mol. The summed E-state index contributed by atoms with van der Waals surface area (Å²) in [4.78, 5) is 34.4. The molecule has 0 saturated carbocycles. The lowest BCUT2D eigenvalue weighted by atomic mass is 10.2. The number of carbonyl (C=O) groups is 3. The Morgan fingerprint density at radius 2 is 1.80 bits per heavy atom. The van der Waals surface area contributed by atoms with E-state index in [9.17, 15) is 14.4 Å². The van der Waals surface area contributed by atoms with Gasteiger partial charge in [0.05, 0.1) is 19.6 Å². The van der Waals surface area contributed by atoms with Crippen molar-refractivity contribution in [2.45, 2.75) is 26.2 Å². The van der Waals surface area contributed by atoms with E-state index in [1.807, 2.05) is 13.0 Å². The van der Waals surface area contributed by atoms with Crippen LogP contribution in [0.5, 0.6) is 0 Å². The van der Waals surface area contributed by atoms with E-state index in [2.05, 4.69) is 5.32 Å². The number of ether oxygens (including phenoxy) is 1. The Balaban J connectivity index is 2.23. The highest BCUT2D eigenvalue weighted by molar-refractivity contribution is 5.96. The summed E-state index contributed by atoms with van der Waals surface area (Å²) in [6.45, 7) is 2.20. The van der Waals surface area contributed by atoms with E-state index in [1.54, 1.807) is 24.3 Å². The molecule has 1 aromatic rings. The number of nitrogens with one attached hydrogen (secondary N) is 1. The van der Waals surface area contributed by atoms with Crippen LogP contribution < -0.4 is 5.32 Å². The van der Waals surface area contributed by atoms with Gasteiger partial charge < -0.3 is 10.1 Å². The molecule has 1 amide bonds. The first-order valence-corrected chi connectivity index (χ1v) is 6.64. The minimum Gasteiger partial charge on any atom is -0.466 e. The summed E-state index contributed by atoms with van der Waals surface area (Å²) in [5.74, 6) is -0.871. The fourth-order valence-electron chi connectivity index (χ4n) is 1.49. The number of ketones is 1. The van der Waals surface area contributed by atoms with Gasteiger partial charge >= 0.3 is 5.97 Å². The Kier molecular flexibility index (Phi) is 7.03. The summed E-state index contributed by atoms with van der Waals surface area (Å²) in [6, 6.07) is 8.65. The monoisotopic (exact) mass is 277 g/mol. The van der Waals surface area contributed by atoms with E-state index in [0.717, 1.165) is 6.42 Å². The minimum absolute atomic E-state index is 0.0556.